The summed E-state index contributed by atoms with van der Waals surface area (Å²) in [5.41, 5.74) is 3.91. The number of hydrogen-bond donors (Lipinski definition) is 1. The van der Waals surface area contributed by atoms with Crippen LogP contribution in [0.25, 0.3) is 4.85 Å². The highest BCUT2D eigenvalue weighted by Crippen LogP contribution is 2.46. The van der Waals surface area contributed by atoms with E-state index in [1.54, 1.807) is 30.3 Å². The lowest BCUT2D eigenvalue weighted by atomic mass is 9.76. The van der Waals surface area contributed by atoms with Crippen molar-refractivity contribution < 1.29 is 28.4 Å². The summed E-state index contributed by atoms with van der Waals surface area (Å²) in [5.74, 6) is -2.58. The molecule has 1 unspecified atom stereocenters. The number of amides is 5. The SMILES string of the molecule is [C-]#[N+]c1ccc(N2CC3(CCN(c4ccc(C(=O)N5CCN(C6CCN(c7ccc8c(c7)C(=O)N(C7CCC(=O)NC7=O)C8=O)CC6)CC5)cc4F)CC3)C[C@@H]2C)cc1Cl. The second kappa shape index (κ2) is 15.8. The first-order valence-electron chi connectivity index (χ1n) is 21.0. The summed E-state index contributed by atoms with van der Waals surface area (Å²) in [7, 11) is 0. The van der Waals surface area contributed by atoms with Crippen LogP contribution in [0.4, 0.5) is 27.1 Å². The van der Waals surface area contributed by atoms with Gasteiger partial charge in [0.2, 0.25) is 17.5 Å². The van der Waals surface area contributed by atoms with Crippen LogP contribution < -0.4 is 20.0 Å². The zero-order valence-electron chi connectivity index (χ0n) is 33.7. The molecule has 5 amide bonds. The van der Waals surface area contributed by atoms with Gasteiger partial charge >= 0.3 is 0 Å². The predicted octanol–water partition coefficient (Wildman–Crippen LogP) is 5.74. The average molecular weight is 835 g/mol. The number of anilines is 3. The number of rotatable bonds is 6. The fraction of sp³-hybridized carbons (Fsp3) is 0.467. The van der Waals surface area contributed by atoms with Crippen molar-refractivity contribution in [1.82, 2.24) is 20.0 Å². The lowest BCUT2D eigenvalue weighted by Crippen LogP contribution is -2.54. The minimum Gasteiger partial charge on any atom is -0.371 e. The third kappa shape index (κ3) is 7.25. The van der Waals surface area contributed by atoms with E-state index in [1.807, 2.05) is 23.1 Å². The lowest BCUT2D eigenvalue weighted by molar-refractivity contribution is -0.136. The van der Waals surface area contributed by atoms with Crippen molar-refractivity contribution in [3.8, 4) is 0 Å². The van der Waals surface area contributed by atoms with Crippen LogP contribution in [0.15, 0.2) is 54.6 Å². The van der Waals surface area contributed by atoms with Crippen LogP contribution in [0.5, 0.6) is 0 Å². The largest absolute Gasteiger partial charge is 0.371 e. The summed E-state index contributed by atoms with van der Waals surface area (Å²) < 4.78 is 15.7. The number of carbonyl (C=O) groups excluding carboxylic acids is 5. The summed E-state index contributed by atoms with van der Waals surface area (Å²) in [6.07, 6.45) is 4.91. The molecule has 0 aliphatic carbocycles. The van der Waals surface area contributed by atoms with E-state index < -0.39 is 29.7 Å². The molecule has 3 aromatic rings. The normalized spacial score (nSPS) is 23.7. The fourth-order valence-electron chi connectivity index (χ4n) is 10.5. The Balaban J connectivity index is 0.749. The van der Waals surface area contributed by atoms with Gasteiger partial charge in [-0.05, 0) is 99.4 Å². The third-order valence-electron chi connectivity index (χ3n) is 13.9. The van der Waals surface area contributed by atoms with Gasteiger partial charge in [0.05, 0.1) is 23.4 Å². The molecule has 60 heavy (non-hydrogen) atoms. The Bertz CT molecular complexity index is 2310. The molecule has 1 N–H and O–H groups in total. The number of nitrogens with zero attached hydrogens (tertiary/aromatic N) is 7. The molecule has 2 atom stereocenters. The summed E-state index contributed by atoms with van der Waals surface area (Å²) in [6.45, 7) is 16.0. The molecule has 13 nitrogen and oxygen atoms in total. The van der Waals surface area contributed by atoms with Crippen LogP contribution in [0.1, 0.15) is 82.9 Å². The molecule has 15 heteroatoms. The number of piperazine rings is 1. The van der Waals surface area contributed by atoms with E-state index in [1.165, 1.54) is 6.07 Å². The van der Waals surface area contributed by atoms with Crippen LogP contribution >= 0.6 is 11.6 Å². The van der Waals surface area contributed by atoms with Crippen molar-refractivity contribution in [3.63, 3.8) is 0 Å². The number of nitrogens with one attached hydrogen (secondary N) is 1. The quantitative estimate of drug-likeness (QED) is 0.245. The molecule has 1 spiro atoms. The number of carbonyl (C=O) groups is 5. The van der Waals surface area contributed by atoms with Crippen molar-refractivity contribution in [2.24, 2.45) is 5.41 Å². The fourth-order valence-corrected chi connectivity index (χ4v) is 10.7. The smallest absolute Gasteiger partial charge is 0.262 e. The predicted molar refractivity (Wildman–Crippen MR) is 225 cm³/mol. The van der Waals surface area contributed by atoms with Gasteiger partial charge in [-0.3, -0.25) is 39.1 Å². The van der Waals surface area contributed by atoms with Gasteiger partial charge in [-0.1, -0.05) is 17.7 Å². The Morgan fingerprint density at radius 3 is 2.23 bits per heavy atom. The molecule has 5 fully saturated rings. The summed E-state index contributed by atoms with van der Waals surface area (Å²) >= 11 is 6.37. The molecule has 6 aliphatic rings. The van der Waals surface area contributed by atoms with Crippen molar-refractivity contribution in [1.29, 1.82) is 0 Å². The number of hydrogen-bond acceptors (Lipinski definition) is 9. The zero-order valence-corrected chi connectivity index (χ0v) is 34.4. The molecule has 6 heterocycles. The monoisotopic (exact) mass is 834 g/mol. The van der Waals surface area contributed by atoms with Crippen molar-refractivity contribution >= 4 is 63.9 Å². The maximum Gasteiger partial charge on any atom is 0.262 e. The molecule has 6 aliphatic heterocycles. The molecule has 0 aromatic heterocycles. The first-order valence-corrected chi connectivity index (χ1v) is 21.4. The van der Waals surface area contributed by atoms with Gasteiger partial charge in [0.15, 0.2) is 0 Å². The molecule has 0 bridgehead atoms. The maximum atomic E-state index is 15.7. The molecule has 3 aromatic carbocycles. The van der Waals surface area contributed by atoms with E-state index in [9.17, 15) is 24.0 Å². The van der Waals surface area contributed by atoms with Crippen LogP contribution in [0.2, 0.25) is 5.02 Å². The number of imide groups is 2. The summed E-state index contributed by atoms with van der Waals surface area (Å²) in [5, 5.41) is 2.70. The van der Waals surface area contributed by atoms with Gasteiger partial charge in [0.1, 0.15) is 11.9 Å². The molecule has 0 saturated carbocycles. The second-order valence-corrected chi connectivity index (χ2v) is 17.7. The summed E-state index contributed by atoms with van der Waals surface area (Å²) in [6, 6.07) is 15.5. The average Bonchev–Trinajstić information content (AvgIpc) is 3.71. The zero-order chi connectivity index (χ0) is 41.9. The Kier molecular flexibility index (Phi) is 10.5. The molecular formula is C45H48ClFN8O5. The number of piperidine rings is 3. The first-order chi connectivity index (χ1) is 28.9. The van der Waals surface area contributed by atoms with E-state index in [4.69, 9.17) is 18.2 Å². The van der Waals surface area contributed by atoms with E-state index in [0.717, 1.165) is 94.2 Å². The number of halogens is 2. The number of fused-ring (bicyclic) bond motifs is 1. The van der Waals surface area contributed by atoms with Crippen molar-refractivity contribution in [3.05, 3.63) is 93.5 Å². The van der Waals surface area contributed by atoms with E-state index in [-0.39, 0.29) is 41.1 Å². The molecule has 312 valence electrons. The van der Waals surface area contributed by atoms with Gasteiger partial charge in [0.25, 0.3) is 17.7 Å². The Morgan fingerprint density at radius 1 is 0.833 bits per heavy atom. The maximum absolute atomic E-state index is 15.7. The lowest BCUT2D eigenvalue weighted by Gasteiger charge is -2.43. The topological polar surface area (TPSA) is 121 Å². The van der Waals surface area contributed by atoms with Crippen LogP contribution in [0, 0.1) is 17.8 Å². The Labute approximate surface area is 353 Å². The third-order valence-corrected chi connectivity index (χ3v) is 14.2. The molecule has 0 radical (unpaired) electrons. The van der Waals surface area contributed by atoms with E-state index in [0.29, 0.717) is 47.1 Å². The highest BCUT2D eigenvalue weighted by molar-refractivity contribution is 6.33. The summed E-state index contributed by atoms with van der Waals surface area (Å²) in [4.78, 5) is 79.6. The van der Waals surface area contributed by atoms with Gasteiger partial charge in [-0.2, -0.15) is 0 Å². The van der Waals surface area contributed by atoms with E-state index in [2.05, 4.69) is 36.7 Å². The minimum absolute atomic E-state index is 0.0750. The molecular weight excluding hydrogens is 787 g/mol. The van der Waals surface area contributed by atoms with Crippen molar-refractivity contribution in [2.45, 2.75) is 70.0 Å². The van der Waals surface area contributed by atoms with Gasteiger partial charge in [-0.15, -0.1) is 0 Å². The standard InChI is InChI=1S/C45H48ClFN8O5/c1-28-26-45(27-54(28)32-5-7-37(48-2)35(46)25-32)13-17-52(18-14-45)38-8-3-29(23-36(38)47)42(58)53-21-19-51(20-22-53)30-11-15-50(16-12-30)31-4-6-33-34(24-31)44(60)55(43(33)59)39-9-10-40(56)49-41(39)57/h3-8,23-25,28,30,39H,9-22,26-27H2,1H3,(H,49,56,57)/t28-,39?/m0/s1. The molecule has 5 saturated heterocycles. The van der Waals surface area contributed by atoms with Gasteiger partial charge in [-0.25, -0.2) is 9.24 Å². The Morgan fingerprint density at radius 2 is 1.55 bits per heavy atom. The minimum atomic E-state index is -0.995. The number of benzene rings is 3. The van der Waals surface area contributed by atoms with Gasteiger partial charge < -0.3 is 19.6 Å². The van der Waals surface area contributed by atoms with E-state index >= 15 is 4.39 Å². The first kappa shape index (κ1) is 39.9. The van der Waals surface area contributed by atoms with Crippen molar-refractivity contribution in [2.75, 3.05) is 73.6 Å². The van der Waals surface area contributed by atoms with Gasteiger partial charge in [0, 0.05) is 99.4 Å². The van der Waals surface area contributed by atoms with Crippen LogP contribution in [0.3, 0.4) is 0 Å². The highest BCUT2D eigenvalue weighted by Gasteiger charge is 2.46. The molecule has 9 rings (SSSR count). The van der Waals surface area contributed by atoms with Crippen LogP contribution in [-0.2, 0) is 9.59 Å². The second-order valence-electron chi connectivity index (χ2n) is 17.3. The Hall–Kier alpha value is -5.52. The highest BCUT2D eigenvalue weighted by atomic mass is 35.5. The van der Waals surface area contributed by atoms with Crippen LogP contribution in [-0.4, -0.2) is 121 Å².